The fourth-order valence-corrected chi connectivity index (χ4v) is 2.16. The number of nitrogens with one attached hydrogen (secondary N) is 1. The number of ether oxygens (including phenoxy) is 1. The van der Waals surface area contributed by atoms with Gasteiger partial charge in [0.2, 0.25) is 0 Å². The maximum atomic E-state index is 9.61. The Morgan fingerprint density at radius 3 is 2.80 bits per heavy atom. The van der Waals surface area contributed by atoms with Crippen molar-refractivity contribution in [3.05, 3.63) is 48.0 Å². The van der Waals surface area contributed by atoms with Crippen molar-refractivity contribution >= 4 is 0 Å². The molecule has 5 nitrogen and oxygen atoms in total. The Bertz CT molecular complexity index is 525. The van der Waals surface area contributed by atoms with E-state index in [1.807, 2.05) is 31.3 Å². The fourth-order valence-electron chi connectivity index (χ4n) is 2.16. The zero-order chi connectivity index (χ0) is 14.4. The van der Waals surface area contributed by atoms with Gasteiger partial charge in [-0.05, 0) is 19.1 Å². The molecule has 1 atom stereocenters. The Kier molecular flexibility index (Phi) is 5.29. The summed E-state index contributed by atoms with van der Waals surface area (Å²) in [5.74, 6) is 0.949. The van der Waals surface area contributed by atoms with Crippen molar-refractivity contribution in [2.24, 2.45) is 0 Å². The molecule has 1 unspecified atom stereocenters. The number of imidazole rings is 1. The number of methoxy groups -OCH3 is 1. The summed E-state index contributed by atoms with van der Waals surface area (Å²) >= 11 is 0. The molecule has 0 spiro atoms. The minimum absolute atomic E-state index is 0.337. The van der Waals surface area contributed by atoms with Crippen LogP contribution in [0.25, 0.3) is 5.69 Å². The van der Waals surface area contributed by atoms with Crippen LogP contribution < -0.4 is 5.32 Å². The first-order chi connectivity index (χ1) is 9.72. The van der Waals surface area contributed by atoms with E-state index in [2.05, 4.69) is 27.0 Å². The third-order valence-electron chi connectivity index (χ3n) is 3.07. The van der Waals surface area contributed by atoms with Gasteiger partial charge < -0.3 is 15.2 Å². The van der Waals surface area contributed by atoms with Crippen molar-refractivity contribution in [3.63, 3.8) is 0 Å². The summed E-state index contributed by atoms with van der Waals surface area (Å²) in [6.45, 7) is 3.46. The van der Waals surface area contributed by atoms with E-state index in [4.69, 9.17) is 4.74 Å². The quantitative estimate of drug-likeness (QED) is 0.799. The average molecular weight is 275 g/mol. The Morgan fingerprint density at radius 2 is 2.10 bits per heavy atom. The van der Waals surface area contributed by atoms with Gasteiger partial charge in [-0.2, -0.15) is 0 Å². The number of para-hydroxylation sites is 1. The number of rotatable bonds is 7. The predicted octanol–water partition coefficient (Wildman–Crippen LogP) is 1.28. The van der Waals surface area contributed by atoms with Gasteiger partial charge in [0.15, 0.2) is 0 Å². The highest BCUT2D eigenvalue weighted by Gasteiger charge is 2.09. The topological polar surface area (TPSA) is 59.3 Å². The number of aryl methyl sites for hydroxylation is 1. The van der Waals surface area contributed by atoms with Gasteiger partial charge in [0.05, 0.1) is 24.6 Å². The molecule has 0 saturated heterocycles. The first-order valence-electron chi connectivity index (χ1n) is 6.68. The van der Waals surface area contributed by atoms with E-state index in [0.717, 1.165) is 17.2 Å². The normalized spacial score (nSPS) is 12.6. The highest BCUT2D eigenvalue weighted by atomic mass is 16.5. The van der Waals surface area contributed by atoms with E-state index in [9.17, 15) is 5.11 Å². The molecule has 0 aliphatic heterocycles. The van der Waals surface area contributed by atoms with Crippen molar-refractivity contribution < 1.29 is 9.84 Å². The van der Waals surface area contributed by atoms with Gasteiger partial charge in [-0.1, -0.05) is 18.2 Å². The van der Waals surface area contributed by atoms with Gasteiger partial charge in [-0.3, -0.25) is 4.57 Å². The van der Waals surface area contributed by atoms with E-state index < -0.39 is 6.10 Å². The third-order valence-corrected chi connectivity index (χ3v) is 3.07. The average Bonchev–Trinajstić information content (AvgIpc) is 2.81. The minimum Gasteiger partial charge on any atom is -0.389 e. The molecule has 0 fully saturated rings. The van der Waals surface area contributed by atoms with Crippen molar-refractivity contribution in [1.29, 1.82) is 0 Å². The zero-order valence-corrected chi connectivity index (χ0v) is 11.9. The van der Waals surface area contributed by atoms with Crippen molar-refractivity contribution in [2.75, 3.05) is 20.3 Å². The standard InChI is InChI=1S/C15H21N3O2/c1-12-17-9-14(8-16-10-15(19)11-20-2)18(12)13-6-4-3-5-7-13/h3-7,9,15-16,19H,8,10-11H2,1-2H3. The molecule has 5 heteroatoms. The Hall–Kier alpha value is -1.69. The Labute approximate surface area is 119 Å². The lowest BCUT2D eigenvalue weighted by atomic mass is 10.3. The second kappa shape index (κ2) is 7.19. The van der Waals surface area contributed by atoms with Crippen molar-refractivity contribution in [2.45, 2.75) is 19.6 Å². The molecule has 0 aliphatic carbocycles. The molecule has 0 saturated carbocycles. The van der Waals surface area contributed by atoms with E-state index in [-0.39, 0.29) is 0 Å². The summed E-state index contributed by atoms with van der Waals surface area (Å²) in [6.07, 6.45) is 1.37. The number of nitrogens with zero attached hydrogens (tertiary/aromatic N) is 2. The van der Waals surface area contributed by atoms with Crippen LogP contribution >= 0.6 is 0 Å². The molecule has 0 amide bonds. The van der Waals surface area contributed by atoms with Crippen LogP contribution in [0.2, 0.25) is 0 Å². The summed E-state index contributed by atoms with van der Waals surface area (Å²) in [4.78, 5) is 4.36. The highest BCUT2D eigenvalue weighted by molar-refractivity contribution is 5.35. The monoisotopic (exact) mass is 275 g/mol. The summed E-state index contributed by atoms with van der Waals surface area (Å²) in [6, 6.07) is 10.1. The van der Waals surface area contributed by atoms with Crippen LogP contribution in [0.5, 0.6) is 0 Å². The molecule has 0 radical (unpaired) electrons. The van der Waals surface area contributed by atoms with Crippen molar-refractivity contribution in [1.82, 2.24) is 14.9 Å². The van der Waals surface area contributed by atoms with Crippen LogP contribution in [-0.4, -0.2) is 41.0 Å². The first-order valence-corrected chi connectivity index (χ1v) is 6.68. The lowest BCUT2D eigenvalue weighted by molar-refractivity contribution is 0.0643. The summed E-state index contributed by atoms with van der Waals surface area (Å²) in [5.41, 5.74) is 2.16. The van der Waals surface area contributed by atoms with E-state index >= 15 is 0 Å². The summed E-state index contributed by atoms with van der Waals surface area (Å²) < 4.78 is 7.00. The molecule has 2 rings (SSSR count). The summed E-state index contributed by atoms with van der Waals surface area (Å²) in [5, 5.41) is 12.8. The molecule has 108 valence electrons. The molecule has 0 bridgehead atoms. The number of aliphatic hydroxyl groups excluding tert-OH is 1. The number of aliphatic hydroxyl groups is 1. The van der Waals surface area contributed by atoms with E-state index in [1.165, 1.54) is 0 Å². The number of hydrogen-bond donors (Lipinski definition) is 2. The van der Waals surface area contributed by atoms with Crippen LogP contribution in [0, 0.1) is 6.92 Å². The lowest BCUT2D eigenvalue weighted by Crippen LogP contribution is -2.30. The van der Waals surface area contributed by atoms with Gasteiger partial charge >= 0.3 is 0 Å². The van der Waals surface area contributed by atoms with Gasteiger partial charge in [0.1, 0.15) is 5.82 Å². The molecule has 1 aromatic heterocycles. The van der Waals surface area contributed by atoms with Gasteiger partial charge in [-0.15, -0.1) is 0 Å². The molecular formula is C15H21N3O2. The van der Waals surface area contributed by atoms with Gasteiger partial charge in [0, 0.05) is 25.9 Å². The van der Waals surface area contributed by atoms with E-state index in [0.29, 0.717) is 19.7 Å². The molecule has 0 aliphatic rings. The van der Waals surface area contributed by atoms with Crippen LogP contribution in [0.15, 0.2) is 36.5 Å². The van der Waals surface area contributed by atoms with Crippen LogP contribution in [-0.2, 0) is 11.3 Å². The van der Waals surface area contributed by atoms with E-state index in [1.54, 1.807) is 7.11 Å². The third kappa shape index (κ3) is 3.66. The summed E-state index contributed by atoms with van der Waals surface area (Å²) in [7, 11) is 1.58. The SMILES string of the molecule is COCC(O)CNCc1cnc(C)n1-c1ccccc1. The zero-order valence-electron chi connectivity index (χ0n) is 11.9. The van der Waals surface area contributed by atoms with Crippen LogP contribution in [0.4, 0.5) is 0 Å². The maximum absolute atomic E-state index is 9.61. The molecular weight excluding hydrogens is 254 g/mol. The second-order valence-electron chi connectivity index (χ2n) is 4.71. The van der Waals surface area contributed by atoms with Crippen LogP contribution in [0.1, 0.15) is 11.5 Å². The first kappa shape index (κ1) is 14.7. The predicted molar refractivity (Wildman–Crippen MR) is 77.9 cm³/mol. The lowest BCUT2D eigenvalue weighted by Gasteiger charge is -2.13. The number of hydrogen-bond acceptors (Lipinski definition) is 4. The molecule has 20 heavy (non-hydrogen) atoms. The number of benzene rings is 1. The molecule has 1 aromatic carbocycles. The van der Waals surface area contributed by atoms with Gasteiger partial charge in [0.25, 0.3) is 0 Å². The second-order valence-corrected chi connectivity index (χ2v) is 4.71. The smallest absolute Gasteiger partial charge is 0.110 e. The van der Waals surface area contributed by atoms with Gasteiger partial charge in [-0.25, -0.2) is 4.98 Å². The minimum atomic E-state index is -0.491. The Balaban J connectivity index is 2.03. The maximum Gasteiger partial charge on any atom is 0.110 e. The van der Waals surface area contributed by atoms with Crippen molar-refractivity contribution in [3.8, 4) is 5.69 Å². The highest BCUT2D eigenvalue weighted by Crippen LogP contribution is 2.14. The molecule has 1 heterocycles. The van der Waals surface area contributed by atoms with Crippen LogP contribution in [0.3, 0.4) is 0 Å². The molecule has 2 N–H and O–H groups in total. The Morgan fingerprint density at radius 1 is 1.35 bits per heavy atom. The molecule has 2 aromatic rings. The fraction of sp³-hybridized carbons (Fsp3) is 0.400. The number of aromatic nitrogens is 2. The largest absolute Gasteiger partial charge is 0.389 e.